The summed E-state index contributed by atoms with van der Waals surface area (Å²) in [5.74, 6) is -0.347. The Morgan fingerprint density at radius 3 is 1.23 bits per heavy atom. The highest BCUT2D eigenvalue weighted by atomic mass is 16.5. The second-order valence-electron chi connectivity index (χ2n) is 1.27. The van der Waals surface area contributed by atoms with Gasteiger partial charge in [-0.1, -0.05) is 6.58 Å². The van der Waals surface area contributed by atoms with Crippen molar-refractivity contribution in [1.82, 2.24) is 0 Å². The van der Waals surface area contributed by atoms with Gasteiger partial charge in [0.1, 0.15) is 0 Å². The van der Waals surface area contributed by atoms with Crippen molar-refractivity contribution in [2.24, 2.45) is 0 Å². The number of carbonyl (C=O) groups excluding carboxylic acids is 1. The van der Waals surface area contributed by atoms with Gasteiger partial charge in [-0.3, -0.25) is 0 Å². The van der Waals surface area contributed by atoms with Crippen molar-refractivity contribution >= 4 is 5.97 Å². The van der Waals surface area contributed by atoms with Crippen LogP contribution >= 0.6 is 0 Å². The van der Waals surface area contributed by atoms with Gasteiger partial charge in [-0.15, -0.1) is 39.5 Å². The van der Waals surface area contributed by atoms with E-state index in [4.69, 9.17) is 0 Å². The zero-order chi connectivity index (χ0) is 11.9. The van der Waals surface area contributed by atoms with E-state index in [0.29, 0.717) is 5.57 Å². The van der Waals surface area contributed by atoms with Crippen LogP contribution in [-0.2, 0) is 9.53 Å². The van der Waals surface area contributed by atoms with Crippen LogP contribution in [0.4, 0.5) is 0 Å². The van der Waals surface area contributed by atoms with Crippen molar-refractivity contribution in [2.45, 2.75) is 6.92 Å². The normalized spacial score (nSPS) is 5.08. The molecule has 0 bridgehead atoms. The molecule has 0 aromatic carbocycles. The second kappa shape index (κ2) is 31.5. The maximum atomic E-state index is 10.2. The topological polar surface area (TPSA) is 26.3 Å². The lowest BCUT2D eigenvalue weighted by Crippen LogP contribution is -1.98. The number of hydrogen-bond acceptors (Lipinski definition) is 2. The van der Waals surface area contributed by atoms with E-state index in [2.05, 4.69) is 50.8 Å². The van der Waals surface area contributed by atoms with Gasteiger partial charge in [0.05, 0.1) is 7.11 Å². The van der Waals surface area contributed by atoms with E-state index >= 15 is 0 Å². The summed E-state index contributed by atoms with van der Waals surface area (Å²) < 4.78 is 4.27. The highest BCUT2D eigenvalue weighted by Crippen LogP contribution is 1.87. The minimum Gasteiger partial charge on any atom is -0.466 e. The first-order valence-corrected chi connectivity index (χ1v) is 3.42. The molecule has 0 atom stereocenters. The van der Waals surface area contributed by atoms with Crippen LogP contribution in [0.15, 0.2) is 51.6 Å². The first-order valence-electron chi connectivity index (χ1n) is 3.42. The number of methoxy groups -OCH3 is 1. The molecule has 0 radical (unpaired) electrons. The van der Waals surface area contributed by atoms with Gasteiger partial charge in [0, 0.05) is 5.57 Å². The minimum atomic E-state index is -0.347. The van der Waals surface area contributed by atoms with E-state index in [1.54, 1.807) is 6.92 Å². The van der Waals surface area contributed by atoms with E-state index < -0.39 is 0 Å². The lowest BCUT2D eigenvalue weighted by atomic mass is 10.4. The second-order valence-corrected chi connectivity index (χ2v) is 1.27. The fourth-order valence-electron chi connectivity index (χ4n) is 0.174. The molecule has 0 aromatic rings. The van der Waals surface area contributed by atoms with Crippen LogP contribution in [0.2, 0.25) is 0 Å². The zero-order valence-electron chi connectivity index (χ0n) is 8.77. The molecule has 0 amide bonds. The molecule has 0 rings (SSSR count). The standard InChI is InChI=1S/C5H8O2.3C2H4/c1-4(2)5(6)7-3;3*1-2/h1H2,2-3H3;3*1-2H2. The van der Waals surface area contributed by atoms with Crippen molar-refractivity contribution in [1.29, 1.82) is 0 Å². The molecule has 0 saturated carbocycles. The Kier molecular flexibility index (Phi) is 54.5. The first kappa shape index (κ1) is 22.5. The third kappa shape index (κ3) is 37.8. The van der Waals surface area contributed by atoms with Crippen LogP contribution in [-0.4, -0.2) is 13.1 Å². The molecular weight excluding hydrogens is 164 g/mol. The highest BCUT2D eigenvalue weighted by Gasteiger charge is 1.95. The largest absolute Gasteiger partial charge is 0.466 e. The summed E-state index contributed by atoms with van der Waals surface area (Å²) >= 11 is 0. The monoisotopic (exact) mass is 184 g/mol. The number of esters is 1. The number of carbonyl (C=O) groups is 1. The van der Waals surface area contributed by atoms with E-state index in [0.717, 1.165) is 0 Å². The van der Waals surface area contributed by atoms with E-state index in [9.17, 15) is 4.79 Å². The van der Waals surface area contributed by atoms with Gasteiger partial charge in [0.25, 0.3) is 0 Å². The summed E-state index contributed by atoms with van der Waals surface area (Å²) in [5, 5.41) is 0. The predicted molar refractivity (Wildman–Crippen MR) is 60.6 cm³/mol. The minimum absolute atomic E-state index is 0.347. The van der Waals surface area contributed by atoms with Gasteiger partial charge in [-0.25, -0.2) is 4.79 Å². The van der Waals surface area contributed by atoms with Crippen molar-refractivity contribution in [2.75, 3.05) is 7.11 Å². The Bertz CT molecular complexity index is 123. The SMILES string of the molecule is C=C.C=C.C=C.C=C(C)C(=O)OC. The Morgan fingerprint density at radius 2 is 1.23 bits per heavy atom. The molecule has 0 saturated heterocycles. The summed E-state index contributed by atoms with van der Waals surface area (Å²) in [6.45, 7) is 23.0. The molecular formula is C11H20O2. The van der Waals surface area contributed by atoms with Gasteiger partial charge in [-0.2, -0.15) is 0 Å². The molecule has 0 spiro atoms. The van der Waals surface area contributed by atoms with Crippen LogP contribution in [0.5, 0.6) is 0 Å². The van der Waals surface area contributed by atoms with Crippen molar-refractivity contribution in [3.8, 4) is 0 Å². The van der Waals surface area contributed by atoms with Crippen LogP contribution in [0.25, 0.3) is 0 Å². The molecule has 0 aromatic heterocycles. The molecule has 2 nitrogen and oxygen atoms in total. The Labute approximate surface area is 81.9 Å². The lowest BCUT2D eigenvalue weighted by molar-refractivity contribution is -0.136. The average Bonchev–Trinajstić information content (AvgIpc) is 2.25. The maximum Gasteiger partial charge on any atom is 0.332 e. The first-order chi connectivity index (χ1) is 6.18. The molecule has 0 aliphatic carbocycles. The number of ether oxygens (including phenoxy) is 1. The van der Waals surface area contributed by atoms with Crippen molar-refractivity contribution in [3.63, 3.8) is 0 Å². The summed E-state index contributed by atoms with van der Waals surface area (Å²) in [6, 6.07) is 0. The van der Waals surface area contributed by atoms with Crippen molar-refractivity contribution < 1.29 is 9.53 Å². The van der Waals surface area contributed by atoms with Gasteiger partial charge in [0.2, 0.25) is 0 Å². The Morgan fingerprint density at radius 1 is 1.00 bits per heavy atom. The fraction of sp³-hybridized carbons (Fsp3) is 0.182. The number of hydrogen-bond donors (Lipinski definition) is 0. The molecule has 0 unspecified atom stereocenters. The summed E-state index contributed by atoms with van der Waals surface area (Å²) in [5.41, 5.74) is 0.433. The van der Waals surface area contributed by atoms with E-state index in [-0.39, 0.29) is 5.97 Å². The van der Waals surface area contributed by atoms with Crippen molar-refractivity contribution in [3.05, 3.63) is 51.6 Å². The smallest absolute Gasteiger partial charge is 0.332 e. The quantitative estimate of drug-likeness (QED) is 0.355. The van der Waals surface area contributed by atoms with E-state index in [1.165, 1.54) is 7.11 Å². The highest BCUT2D eigenvalue weighted by molar-refractivity contribution is 5.86. The number of rotatable bonds is 1. The molecule has 0 N–H and O–H groups in total. The van der Waals surface area contributed by atoms with Gasteiger partial charge in [0.15, 0.2) is 0 Å². The van der Waals surface area contributed by atoms with E-state index in [1.807, 2.05) is 0 Å². The average molecular weight is 184 g/mol. The maximum absolute atomic E-state index is 10.2. The summed E-state index contributed by atoms with van der Waals surface area (Å²) in [7, 11) is 1.33. The van der Waals surface area contributed by atoms with Gasteiger partial charge < -0.3 is 4.74 Å². The Hall–Kier alpha value is -1.57. The zero-order valence-corrected chi connectivity index (χ0v) is 8.77. The molecule has 0 aliphatic rings. The molecule has 76 valence electrons. The van der Waals surface area contributed by atoms with Crippen LogP contribution in [0.1, 0.15) is 6.92 Å². The van der Waals surface area contributed by atoms with Crippen LogP contribution in [0.3, 0.4) is 0 Å². The molecule has 0 heterocycles. The summed E-state index contributed by atoms with van der Waals surface area (Å²) in [4.78, 5) is 10.2. The summed E-state index contributed by atoms with van der Waals surface area (Å²) in [6.07, 6.45) is 0. The van der Waals surface area contributed by atoms with Crippen LogP contribution in [0, 0.1) is 0 Å². The fourth-order valence-corrected chi connectivity index (χ4v) is 0.174. The van der Waals surface area contributed by atoms with Gasteiger partial charge in [-0.05, 0) is 6.92 Å². The molecule has 0 fully saturated rings. The Balaban J connectivity index is -0.0000000573. The lowest BCUT2D eigenvalue weighted by Gasteiger charge is -1.91. The predicted octanol–water partition coefficient (Wildman–Crippen LogP) is 3.14. The molecule has 2 heteroatoms. The molecule has 0 aliphatic heterocycles. The third-order valence-corrected chi connectivity index (χ3v) is 0.534. The van der Waals surface area contributed by atoms with Crippen LogP contribution < -0.4 is 0 Å². The van der Waals surface area contributed by atoms with Gasteiger partial charge >= 0.3 is 5.97 Å². The third-order valence-electron chi connectivity index (χ3n) is 0.534. The molecule has 13 heavy (non-hydrogen) atoms.